The first-order valence-corrected chi connectivity index (χ1v) is 2.92. The van der Waals surface area contributed by atoms with Gasteiger partial charge in [0.15, 0.2) is 9.52 Å². The molecule has 0 unspecified atom stereocenters. The third kappa shape index (κ3) is 3.45. The van der Waals surface area contributed by atoms with Gasteiger partial charge in [-0.25, -0.2) is 5.26 Å². The SMILES string of the molecule is C=C[SiH2]C#N. The van der Waals surface area contributed by atoms with E-state index in [9.17, 15) is 0 Å². The predicted molar refractivity (Wildman–Crippen MR) is 24.4 cm³/mol. The van der Waals surface area contributed by atoms with E-state index in [-0.39, 0.29) is 0 Å². The Morgan fingerprint density at radius 1 is 2.00 bits per heavy atom. The average molecular weight is 83.2 g/mol. The van der Waals surface area contributed by atoms with Gasteiger partial charge in [-0.3, -0.25) is 0 Å². The van der Waals surface area contributed by atoms with Crippen LogP contribution < -0.4 is 0 Å². The van der Waals surface area contributed by atoms with Gasteiger partial charge >= 0.3 is 0 Å². The lowest BCUT2D eigenvalue weighted by Crippen LogP contribution is -1.69. The third-order valence-electron chi connectivity index (χ3n) is 0.236. The quantitative estimate of drug-likeness (QED) is 0.402. The molecule has 0 aromatic heterocycles. The molecule has 0 aromatic carbocycles. The van der Waals surface area contributed by atoms with Gasteiger partial charge in [-0.05, 0) is 0 Å². The molecule has 0 bridgehead atoms. The van der Waals surface area contributed by atoms with Gasteiger partial charge in [-0.15, -0.1) is 6.58 Å². The molecular weight excluding hydrogens is 78.1 g/mol. The zero-order valence-electron chi connectivity index (χ0n) is 2.94. The molecule has 1 nitrogen and oxygen atoms in total. The number of hydrogen-bond donors (Lipinski definition) is 0. The van der Waals surface area contributed by atoms with Crippen LogP contribution in [-0.4, -0.2) is 9.52 Å². The molecular formula is C3H5NSi. The normalized spacial score (nSPS) is 7.80. The standard InChI is InChI=1S/C3H5NSi/c1-2-5-3-4/h2H,1,5H2. The number of hydrogen-bond acceptors (Lipinski definition) is 1. The topological polar surface area (TPSA) is 23.8 Å². The number of nitriles is 1. The second-order valence-electron chi connectivity index (χ2n) is 0.651. The van der Waals surface area contributed by atoms with Crippen molar-refractivity contribution in [2.75, 3.05) is 0 Å². The summed E-state index contributed by atoms with van der Waals surface area (Å²) in [5, 5.41) is 7.81. The van der Waals surface area contributed by atoms with E-state index in [1.807, 2.05) is 5.69 Å². The molecule has 0 heterocycles. The van der Waals surface area contributed by atoms with Crippen LogP contribution in [0.2, 0.25) is 0 Å². The third-order valence-corrected chi connectivity index (χ3v) is 0.707. The lowest BCUT2D eigenvalue weighted by atomic mass is 11.3. The van der Waals surface area contributed by atoms with E-state index in [1.165, 1.54) is 0 Å². The lowest BCUT2D eigenvalue weighted by molar-refractivity contribution is 1.56. The predicted octanol–water partition coefficient (Wildman–Crippen LogP) is -0.220. The minimum atomic E-state index is -0.498. The van der Waals surface area contributed by atoms with E-state index >= 15 is 0 Å². The highest BCUT2D eigenvalue weighted by Crippen LogP contribution is 1.48. The summed E-state index contributed by atoms with van der Waals surface area (Å²) in [5.41, 5.74) is 3.75. The molecule has 0 N–H and O–H groups in total. The highest BCUT2D eigenvalue weighted by atomic mass is 28.2. The van der Waals surface area contributed by atoms with E-state index in [2.05, 4.69) is 6.58 Å². The van der Waals surface area contributed by atoms with Crippen molar-refractivity contribution in [2.24, 2.45) is 0 Å². The molecule has 2 heteroatoms. The first kappa shape index (κ1) is 4.45. The van der Waals surface area contributed by atoms with E-state index in [0.29, 0.717) is 0 Å². The monoisotopic (exact) mass is 83.0 g/mol. The number of rotatable bonds is 1. The maximum Gasteiger partial charge on any atom is 0.165 e. The summed E-state index contributed by atoms with van der Waals surface area (Å²) in [6.07, 6.45) is 0. The molecule has 0 amide bonds. The van der Waals surface area contributed by atoms with Crippen LogP contribution in [0.3, 0.4) is 0 Å². The van der Waals surface area contributed by atoms with Crippen LogP contribution in [0.5, 0.6) is 0 Å². The smallest absolute Gasteiger partial charge is 0.165 e. The fourth-order valence-electron chi connectivity index (χ4n) is 0.0645. The van der Waals surface area contributed by atoms with Gasteiger partial charge in [-0.2, -0.15) is 0 Å². The number of nitrogens with zero attached hydrogens (tertiary/aromatic N) is 1. The Bertz CT molecular complexity index is 61.8. The van der Waals surface area contributed by atoms with Crippen LogP contribution >= 0.6 is 0 Å². The minimum Gasteiger partial charge on any atom is -0.207 e. The summed E-state index contributed by atoms with van der Waals surface area (Å²) in [5.74, 6) is 0. The van der Waals surface area contributed by atoms with Crippen molar-refractivity contribution < 1.29 is 0 Å². The molecule has 0 aliphatic heterocycles. The van der Waals surface area contributed by atoms with E-state index in [0.717, 1.165) is 0 Å². The molecule has 0 fully saturated rings. The van der Waals surface area contributed by atoms with Crippen LogP contribution in [0.4, 0.5) is 0 Å². The van der Waals surface area contributed by atoms with E-state index in [1.54, 1.807) is 5.70 Å². The second-order valence-corrected chi connectivity index (χ2v) is 1.95. The molecule has 0 saturated carbocycles. The van der Waals surface area contributed by atoms with E-state index < -0.39 is 9.52 Å². The minimum absolute atomic E-state index is 0.498. The molecule has 0 atom stereocenters. The Kier molecular flexibility index (Phi) is 3.07. The molecule has 5 heavy (non-hydrogen) atoms. The van der Waals surface area contributed by atoms with Gasteiger partial charge in [0.25, 0.3) is 0 Å². The Morgan fingerprint density at radius 3 is 2.60 bits per heavy atom. The van der Waals surface area contributed by atoms with Crippen molar-refractivity contribution in [3.63, 3.8) is 0 Å². The molecule has 0 saturated heterocycles. The Balaban J connectivity index is 2.75. The summed E-state index contributed by atoms with van der Waals surface area (Å²) in [4.78, 5) is 0. The maximum atomic E-state index is 7.81. The molecule has 0 radical (unpaired) electrons. The Labute approximate surface area is 33.7 Å². The summed E-state index contributed by atoms with van der Waals surface area (Å²) in [6, 6.07) is 0. The lowest BCUT2D eigenvalue weighted by Gasteiger charge is -1.53. The van der Waals surface area contributed by atoms with Gasteiger partial charge < -0.3 is 0 Å². The molecule has 0 spiro atoms. The van der Waals surface area contributed by atoms with Crippen molar-refractivity contribution in [3.05, 3.63) is 12.3 Å². The molecule has 26 valence electrons. The van der Waals surface area contributed by atoms with Gasteiger partial charge in [-0.1, -0.05) is 5.70 Å². The van der Waals surface area contributed by atoms with Crippen molar-refractivity contribution in [3.8, 4) is 5.69 Å². The summed E-state index contributed by atoms with van der Waals surface area (Å²) in [7, 11) is -0.498. The second kappa shape index (κ2) is 3.45. The fraction of sp³-hybridized carbons (Fsp3) is 0. The fourth-order valence-corrected chi connectivity index (χ4v) is 0.194. The van der Waals surface area contributed by atoms with Gasteiger partial charge in [0.2, 0.25) is 0 Å². The maximum absolute atomic E-state index is 7.81. The zero-order chi connectivity index (χ0) is 4.12. The van der Waals surface area contributed by atoms with Crippen LogP contribution in [0.15, 0.2) is 12.3 Å². The van der Waals surface area contributed by atoms with Crippen LogP contribution in [0, 0.1) is 11.0 Å². The van der Waals surface area contributed by atoms with Crippen LogP contribution in [0.25, 0.3) is 0 Å². The summed E-state index contributed by atoms with van der Waals surface area (Å²) < 4.78 is 0. The van der Waals surface area contributed by atoms with Crippen molar-refractivity contribution in [1.29, 1.82) is 5.26 Å². The molecule has 0 aromatic rings. The molecule has 0 rings (SSSR count). The highest BCUT2D eigenvalue weighted by molar-refractivity contribution is 6.50. The van der Waals surface area contributed by atoms with Crippen molar-refractivity contribution in [1.82, 2.24) is 0 Å². The Hall–Kier alpha value is -0.553. The summed E-state index contributed by atoms with van der Waals surface area (Å²) in [6.45, 7) is 3.39. The van der Waals surface area contributed by atoms with Gasteiger partial charge in [0, 0.05) is 5.69 Å². The molecule has 0 aliphatic carbocycles. The average Bonchev–Trinajstić information content (AvgIpc) is 1.41. The van der Waals surface area contributed by atoms with Crippen LogP contribution in [0.1, 0.15) is 0 Å². The molecule has 0 aliphatic rings. The van der Waals surface area contributed by atoms with Crippen molar-refractivity contribution >= 4 is 9.52 Å². The first-order chi connectivity index (χ1) is 2.41. The van der Waals surface area contributed by atoms with Crippen LogP contribution in [-0.2, 0) is 0 Å². The first-order valence-electron chi connectivity index (χ1n) is 1.39. The Morgan fingerprint density at radius 2 is 2.60 bits per heavy atom. The zero-order valence-corrected chi connectivity index (χ0v) is 4.35. The van der Waals surface area contributed by atoms with Gasteiger partial charge in [0.1, 0.15) is 0 Å². The van der Waals surface area contributed by atoms with Gasteiger partial charge in [0.05, 0.1) is 0 Å². The van der Waals surface area contributed by atoms with Crippen molar-refractivity contribution in [2.45, 2.75) is 0 Å². The highest BCUT2D eigenvalue weighted by Gasteiger charge is 1.60. The van der Waals surface area contributed by atoms with E-state index in [4.69, 9.17) is 5.26 Å². The summed E-state index contributed by atoms with van der Waals surface area (Å²) >= 11 is 0. The largest absolute Gasteiger partial charge is 0.207 e.